The van der Waals surface area contributed by atoms with Crippen LogP contribution in [0.3, 0.4) is 0 Å². The van der Waals surface area contributed by atoms with Gasteiger partial charge in [0, 0.05) is 35.1 Å². The van der Waals surface area contributed by atoms with Crippen LogP contribution in [0.25, 0.3) is 0 Å². The van der Waals surface area contributed by atoms with Crippen molar-refractivity contribution in [2.75, 3.05) is 13.1 Å². The van der Waals surface area contributed by atoms with E-state index in [1.807, 2.05) is 31.2 Å². The number of halogens is 2. The molecule has 1 aliphatic heterocycles. The highest BCUT2D eigenvalue weighted by molar-refractivity contribution is 9.10. The molecule has 1 atom stereocenters. The van der Waals surface area contributed by atoms with Crippen LogP contribution in [0.15, 0.2) is 53.0 Å². The molecule has 2 amide bonds. The molecule has 2 aromatic rings. The largest absolute Gasteiger partial charge is 0.343 e. The Bertz CT molecular complexity index is 995. The smallest absolute Gasteiger partial charge is 0.245 e. The fourth-order valence-electron chi connectivity index (χ4n) is 4.40. The van der Waals surface area contributed by atoms with Crippen molar-refractivity contribution in [3.63, 3.8) is 0 Å². The van der Waals surface area contributed by atoms with E-state index in [0.29, 0.717) is 37.9 Å². The minimum absolute atomic E-state index is 0.110. The fraction of sp³-hybridized carbons (Fsp3) is 0.440. The van der Waals surface area contributed by atoms with Crippen LogP contribution in [0.5, 0.6) is 0 Å². The van der Waals surface area contributed by atoms with Gasteiger partial charge in [-0.25, -0.2) is 4.39 Å². The SMILES string of the molecule is CC1(N)CCN(C(=O)[C@H](Cc2ccc(Br)cc2)NC(=O)C2(c3ccccc3F)CC2)CC1. The zero-order valence-electron chi connectivity index (χ0n) is 18.2. The lowest BCUT2D eigenvalue weighted by Crippen LogP contribution is -2.56. The summed E-state index contributed by atoms with van der Waals surface area (Å²) >= 11 is 3.43. The van der Waals surface area contributed by atoms with Gasteiger partial charge in [-0.15, -0.1) is 0 Å². The first-order chi connectivity index (χ1) is 15.2. The van der Waals surface area contributed by atoms with Gasteiger partial charge >= 0.3 is 0 Å². The average Bonchev–Trinajstić information content (AvgIpc) is 3.56. The molecular weight excluding hydrogens is 473 g/mol. The van der Waals surface area contributed by atoms with Gasteiger partial charge in [-0.2, -0.15) is 0 Å². The highest BCUT2D eigenvalue weighted by Crippen LogP contribution is 2.49. The molecule has 32 heavy (non-hydrogen) atoms. The van der Waals surface area contributed by atoms with E-state index in [9.17, 15) is 14.0 Å². The molecule has 2 aliphatic rings. The number of amides is 2. The second-order valence-corrected chi connectivity index (χ2v) is 10.3. The van der Waals surface area contributed by atoms with Crippen LogP contribution in [-0.4, -0.2) is 41.4 Å². The van der Waals surface area contributed by atoms with Gasteiger partial charge in [0.2, 0.25) is 11.8 Å². The number of benzene rings is 2. The molecule has 1 saturated carbocycles. The Hall–Kier alpha value is -2.25. The topological polar surface area (TPSA) is 75.4 Å². The van der Waals surface area contributed by atoms with Crippen molar-refractivity contribution < 1.29 is 14.0 Å². The number of likely N-dealkylation sites (tertiary alicyclic amines) is 1. The van der Waals surface area contributed by atoms with E-state index in [4.69, 9.17) is 5.73 Å². The molecule has 3 N–H and O–H groups in total. The maximum atomic E-state index is 14.5. The summed E-state index contributed by atoms with van der Waals surface area (Å²) < 4.78 is 15.4. The fourth-order valence-corrected chi connectivity index (χ4v) is 4.67. The van der Waals surface area contributed by atoms with Crippen LogP contribution in [-0.2, 0) is 21.4 Å². The van der Waals surface area contributed by atoms with E-state index in [1.165, 1.54) is 6.07 Å². The molecule has 1 aliphatic carbocycles. The van der Waals surface area contributed by atoms with Crippen molar-refractivity contribution in [3.8, 4) is 0 Å². The third kappa shape index (κ3) is 4.89. The van der Waals surface area contributed by atoms with Crippen LogP contribution in [0, 0.1) is 5.82 Å². The first-order valence-electron chi connectivity index (χ1n) is 11.1. The lowest BCUT2D eigenvalue weighted by Gasteiger charge is -2.38. The van der Waals surface area contributed by atoms with Crippen molar-refractivity contribution in [2.45, 2.75) is 56.0 Å². The Morgan fingerprint density at radius 2 is 1.72 bits per heavy atom. The van der Waals surface area contributed by atoms with Gasteiger partial charge in [-0.05, 0) is 56.4 Å². The molecule has 170 valence electrons. The predicted octanol–water partition coefficient (Wildman–Crippen LogP) is 3.69. The van der Waals surface area contributed by atoms with Gasteiger partial charge in [-0.3, -0.25) is 9.59 Å². The molecule has 0 radical (unpaired) electrons. The summed E-state index contributed by atoms with van der Waals surface area (Å²) in [5.74, 6) is -0.769. The number of carbonyl (C=O) groups is 2. The second kappa shape index (κ2) is 8.94. The van der Waals surface area contributed by atoms with Crippen LogP contribution >= 0.6 is 15.9 Å². The molecule has 0 unspecified atom stereocenters. The summed E-state index contributed by atoms with van der Waals surface area (Å²) in [7, 11) is 0. The summed E-state index contributed by atoms with van der Waals surface area (Å²) in [5, 5.41) is 2.99. The van der Waals surface area contributed by atoms with Crippen molar-refractivity contribution in [3.05, 3.63) is 69.9 Å². The van der Waals surface area contributed by atoms with Gasteiger partial charge in [-0.1, -0.05) is 46.3 Å². The normalized spacial score (nSPS) is 19.8. The third-order valence-electron chi connectivity index (χ3n) is 6.75. The summed E-state index contributed by atoms with van der Waals surface area (Å²) in [4.78, 5) is 28.6. The van der Waals surface area contributed by atoms with Crippen LogP contribution in [0.1, 0.15) is 43.7 Å². The number of hydrogen-bond acceptors (Lipinski definition) is 3. The molecule has 2 fully saturated rings. The van der Waals surface area contributed by atoms with Crippen LogP contribution in [0.2, 0.25) is 0 Å². The van der Waals surface area contributed by atoms with E-state index in [1.54, 1.807) is 23.1 Å². The molecule has 0 aromatic heterocycles. The molecule has 7 heteroatoms. The van der Waals surface area contributed by atoms with Crippen molar-refractivity contribution in [2.24, 2.45) is 5.73 Å². The van der Waals surface area contributed by atoms with E-state index < -0.39 is 11.5 Å². The number of carbonyl (C=O) groups excluding carboxylic acids is 2. The summed E-state index contributed by atoms with van der Waals surface area (Å²) in [6, 6.07) is 13.4. The quantitative estimate of drug-likeness (QED) is 0.633. The Labute approximate surface area is 196 Å². The van der Waals surface area contributed by atoms with E-state index >= 15 is 0 Å². The zero-order valence-corrected chi connectivity index (χ0v) is 19.8. The molecule has 0 spiro atoms. The second-order valence-electron chi connectivity index (χ2n) is 9.40. The van der Waals surface area contributed by atoms with Gasteiger partial charge in [0.25, 0.3) is 0 Å². The average molecular weight is 502 g/mol. The minimum Gasteiger partial charge on any atom is -0.343 e. The standard InChI is InChI=1S/C25H29BrFN3O2/c1-24(28)12-14-30(15-13-24)22(31)21(16-17-6-8-18(26)9-7-17)29-23(32)25(10-11-25)19-4-2-3-5-20(19)27/h2-9,21H,10-16,28H2,1H3,(H,29,32)/t21-/m0/s1. The van der Waals surface area contributed by atoms with Crippen molar-refractivity contribution in [1.29, 1.82) is 0 Å². The van der Waals surface area contributed by atoms with E-state index in [2.05, 4.69) is 21.2 Å². The van der Waals surface area contributed by atoms with Gasteiger partial charge in [0.15, 0.2) is 0 Å². The van der Waals surface area contributed by atoms with Crippen molar-refractivity contribution in [1.82, 2.24) is 10.2 Å². The number of hydrogen-bond donors (Lipinski definition) is 2. The number of nitrogens with one attached hydrogen (secondary N) is 1. The van der Waals surface area contributed by atoms with Gasteiger partial charge < -0.3 is 16.0 Å². The Morgan fingerprint density at radius 1 is 1.09 bits per heavy atom. The monoisotopic (exact) mass is 501 g/mol. The number of nitrogens with two attached hydrogens (primary N) is 1. The maximum Gasteiger partial charge on any atom is 0.245 e. The molecule has 4 rings (SSSR count). The predicted molar refractivity (Wildman–Crippen MR) is 125 cm³/mol. The number of rotatable bonds is 6. The Morgan fingerprint density at radius 3 is 2.31 bits per heavy atom. The number of piperidine rings is 1. The molecule has 0 bridgehead atoms. The molecule has 1 heterocycles. The number of nitrogens with zero attached hydrogens (tertiary/aromatic N) is 1. The highest BCUT2D eigenvalue weighted by atomic mass is 79.9. The molecule has 5 nitrogen and oxygen atoms in total. The van der Waals surface area contributed by atoms with E-state index in [-0.39, 0.29) is 23.2 Å². The zero-order chi connectivity index (χ0) is 22.9. The Kier molecular flexibility index (Phi) is 6.41. The summed E-state index contributed by atoms with van der Waals surface area (Å²) in [6.07, 6.45) is 2.97. The van der Waals surface area contributed by atoms with Gasteiger partial charge in [0.05, 0.1) is 5.41 Å². The van der Waals surface area contributed by atoms with Crippen LogP contribution < -0.4 is 11.1 Å². The molecular formula is C25H29BrFN3O2. The lowest BCUT2D eigenvalue weighted by atomic mass is 9.90. The highest BCUT2D eigenvalue weighted by Gasteiger charge is 2.53. The summed E-state index contributed by atoms with van der Waals surface area (Å²) in [5.41, 5.74) is 6.42. The van der Waals surface area contributed by atoms with Gasteiger partial charge in [0.1, 0.15) is 11.9 Å². The first-order valence-corrected chi connectivity index (χ1v) is 11.9. The van der Waals surface area contributed by atoms with Crippen LogP contribution in [0.4, 0.5) is 4.39 Å². The Balaban J connectivity index is 1.55. The van der Waals surface area contributed by atoms with E-state index in [0.717, 1.165) is 22.9 Å². The van der Waals surface area contributed by atoms with Crippen molar-refractivity contribution >= 4 is 27.7 Å². The molecule has 1 saturated heterocycles. The third-order valence-corrected chi connectivity index (χ3v) is 7.28. The summed E-state index contributed by atoms with van der Waals surface area (Å²) in [6.45, 7) is 3.13. The maximum absolute atomic E-state index is 14.5. The minimum atomic E-state index is -0.888. The first kappa shape index (κ1) is 22.9. The lowest BCUT2D eigenvalue weighted by molar-refractivity contribution is -0.138. The molecule has 2 aromatic carbocycles.